The van der Waals surface area contributed by atoms with Gasteiger partial charge in [-0.25, -0.2) is 4.39 Å². The van der Waals surface area contributed by atoms with Crippen molar-refractivity contribution < 1.29 is 9.13 Å². The Labute approximate surface area is 101 Å². The lowest BCUT2D eigenvalue weighted by Gasteiger charge is -2.31. The van der Waals surface area contributed by atoms with Gasteiger partial charge in [0.05, 0.1) is 12.6 Å². The maximum absolute atomic E-state index is 13.5. The minimum atomic E-state index is -0.172. The molecule has 17 heavy (non-hydrogen) atoms. The highest BCUT2D eigenvalue weighted by atomic mass is 19.1. The predicted molar refractivity (Wildman–Crippen MR) is 64.6 cm³/mol. The van der Waals surface area contributed by atoms with Gasteiger partial charge in [0, 0.05) is 5.56 Å². The lowest BCUT2D eigenvalue weighted by atomic mass is 9.83. The Morgan fingerprint density at radius 1 is 1.41 bits per heavy atom. The normalized spacial score (nSPS) is 28.4. The number of ether oxygens (including phenoxy) is 1. The highest BCUT2D eigenvalue weighted by Gasteiger charge is 2.49. The second-order valence-corrected chi connectivity index (χ2v) is 5.12. The molecule has 3 rings (SSSR count). The van der Waals surface area contributed by atoms with Crippen LogP contribution in [-0.2, 0) is 5.54 Å². The molecule has 1 heterocycles. The van der Waals surface area contributed by atoms with E-state index in [0.29, 0.717) is 5.92 Å². The molecule has 0 radical (unpaired) electrons. The first-order chi connectivity index (χ1) is 8.26. The van der Waals surface area contributed by atoms with Crippen LogP contribution >= 0.6 is 0 Å². The molecule has 1 N–H and O–H groups in total. The molecule has 0 spiro atoms. The summed E-state index contributed by atoms with van der Waals surface area (Å²) in [5.41, 5.74) is 0.980. The Hall–Kier alpha value is -1.09. The summed E-state index contributed by atoms with van der Waals surface area (Å²) in [5.74, 6) is 1.29. The zero-order chi connectivity index (χ0) is 11.9. The maximum Gasteiger partial charge on any atom is 0.124 e. The molecule has 2 aliphatic rings. The van der Waals surface area contributed by atoms with E-state index in [1.165, 1.54) is 18.9 Å². The van der Waals surface area contributed by atoms with Crippen LogP contribution in [0.5, 0.6) is 5.75 Å². The van der Waals surface area contributed by atoms with Crippen LogP contribution < -0.4 is 10.1 Å². The first-order valence-corrected chi connectivity index (χ1v) is 6.35. The molecule has 3 heteroatoms. The summed E-state index contributed by atoms with van der Waals surface area (Å²) in [6.45, 7) is 1.02. The summed E-state index contributed by atoms with van der Waals surface area (Å²) >= 11 is 0. The van der Waals surface area contributed by atoms with E-state index in [2.05, 4.69) is 5.32 Å². The molecule has 0 amide bonds. The molecule has 1 saturated heterocycles. The van der Waals surface area contributed by atoms with Gasteiger partial charge in [0.1, 0.15) is 11.6 Å². The van der Waals surface area contributed by atoms with Crippen molar-refractivity contribution in [2.45, 2.75) is 31.2 Å². The Morgan fingerprint density at radius 3 is 2.82 bits per heavy atom. The third-order valence-corrected chi connectivity index (χ3v) is 4.10. The summed E-state index contributed by atoms with van der Waals surface area (Å²) < 4.78 is 18.9. The van der Waals surface area contributed by atoms with E-state index in [-0.39, 0.29) is 11.4 Å². The largest absolute Gasteiger partial charge is 0.496 e. The average molecular weight is 235 g/mol. The lowest BCUT2D eigenvalue weighted by molar-refractivity contribution is 0.312. The molecule has 1 aromatic rings. The zero-order valence-corrected chi connectivity index (χ0v) is 10.1. The first kappa shape index (κ1) is 11.0. The Bertz CT molecular complexity index is 422. The van der Waals surface area contributed by atoms with E-state index >= 15 is 0 Å². The molecular weight excluding hydrogens is 217 g/mol. The van der Waals surface area contributed by atoms with Crippen LogP contribution in [0, 0.1) is 11.7 Å². The van der Waals surface area contributed by atoms with Gasteiger partial charge in [0.2, 0.25) is 0 Å². The fourth-order valence-electron chi connectivity index (χ4n) is 3.17. The van der Waals surface area contributed by atoms with Crippen LogP contribution in [0.2, 0.25) is 0 Å². The van der Waals surface area contributed by atoms with Crippen molar-refractivity contribution in [2.75, 3.05) is 13.7 Å². The number of halogens is 1. The minimum Gasteiger partial charge on any atom is -0.496 e. The number of nitrogens with one attached hydrogen (secondary N) is 1. The highest BCUT2D eigenvalue weighted by molar-refractivity contribution is 5.42. The lowest BCUT2D eigenvalue weighted by Crippen LogP contribution is -2.39. The van der Waals surface area contributed by atoms with E-state index in [1.54, 1.807) is 19.2 Å². The van der Waals surface area contributed by atoms with E-state index in [1.807, 2.05) is 0 Å². The smallest absolute Gasteiger partial charge is 0.124 e. The summed E-state index contributed by atoms with van der Waals surface area (Å²) in [6, 6.07) is 4.86. The molecule has 1 unspecified atom stereocenters. The van der Waals surface area contributed by atoms with Gasteiger partial charge in [-0.2, -0.15) is 0 Å². The van der Waals surface area contributed by atoms with Gasteiger partial charge >= 0.3 is 0 Å². The number of methoxy groups -OCH3 is 1. The van der Waals surface area contributed by atoms with E-state index < -0.39 is 0 Å². The van der Waals surface area contributed by atoms with Crippen molar-refractivity contribution in [1.82, 2.24) is 5.32 Å². The fourth-order valence-corrected chi connectivity index (χ4v) is 3.17. The van der Waals surface area contributed by atoms with Crippen LogP contribution in [0.4, 0.5) is 4.39 Å². The molecule has 0 bridgehead atoms. The van der Waals surface area contributed by atoms with Gasteiger partial charge in [0.25, 0.3) is 0 Å². The number of benzene rings is 1. The molecule has 1 aliphatic carbocycles. The molecule has 1 aromatic carbocycles. The Kier molecular flexibility index (Phi) is 2.58. The topological polar surface area (TPSA) is 21.3 Å². The third-order valence-electron chi connectivity index (χ3n) is 4.10. The maximum atomic E-state index is 13.5. The molecule has 2 fully saturated rings. The van der Waals surface area contributed by atoms with Gasteiger partial charge < -0.3 is 10.1 Å². The third kappa shape index (κ3) is 1.73. The van der Waals surface area contributed by atoms with Gasteiger partial charge in [-0.3, -0.25) is 0 Å². The van der Waals surface area contributed by atoms with Gasteiger partial charge in [-0.15, -0.1) is 0 Å². The van der Waals surface area contributed by atoms with Crippen molar-refractivity contribution in [3.05, 3.63) is 29.6 Å². The fraction of sp³-hybridized carbons (Fsp3) is 0.571. The van der Waals surface area contributed by atoms with E-state index in [9.17, 15) is 4.39 Å². The first-order valence-electron chi connectivity index (χ1n) is 6.35. The van der Waals surface area contributed by atoms with Crippen LogP contribution in [0.1, 0.15) is 31.2 Å². The number of hydrogen-bond acceptors (Lipinski definition) is 2. The van der Waals surface area contributed by atoms with Crippen LogP contribution in [0.15, 0.2) is 18.2 Å². The summed E-state index contributed by atoms with van der Waals surface area (Å²) in [5, 5.41) is 3.60. The van der Waals surface area contributed by atoms with E-state index in [0.717, 1.165) is 30.7 Å². The van der Waals surface area contributed by atoms with Gasteiger partial charge in [-0.1, -0.05) is 0 Å². The summed E-state index contributed by atoms with van der Waals surface area (Å²) in [6.07, 6.45) is 4.74. The highest BCUT2D eigenvalue weighted by Crippen LogP contribution is 2.52. The van der Waals surface area contributed by atoms with Crippen LogP contribution in [0.3, 0.4) is 0 Å². The monoisotopic (exact) mass is 235 g/mol. The Morgan fingerprint density at radius 2 is 2.24 bits per heavy atom. The molecule has 1 aliphatic heterocycles. The molecule has 1 saturated carbocycles. The van der Waals surface area contributed by atoms with Crippen LogP contribution in [-0.4, -0.2) is 13.7 Å². The molecule has 92 valence electrons. The van der Waals surface area contributed by atoms with Crippen molar-refractivity contribution in [1.29, 1.82) is 0 Å². The van der Waals surface area contributed by atoms with E-state index in [4.69, 9.17) is 4.74 Å². The average Bonchev–Trinajstić information content (AvgIpc) is 3.08. The zero-order valence-electron chi connectivity index (χ0n) is 10.1. The number of hydrogen-bond donors (Lipinski definition) is 1. The predicted octanol–water partition coefficient (Wildman–Crippen LogP) is 2.82. The van der Waals surface area contributed by atoms with Gasteiger partial charge in [-0.05, 0) is 56.3 Å². The van der Waals surface area contributed by atoms with Crippen molar-refractivity contribution in [3.8, 4) is 5.75 Å². The molecule has 0 aromatic heterocycles. The second-order valence-electron chi connectivity index (χ2n) is 5.12. The minimum absolute atomic E-state index is 0.0343. The van der Waals surface area contributed by atoms with Crippen molar-refractivity contribution >= 4 is 0 Å². The SMILES string of the molecule is COc1ccc(F)cc1C1(C2CC2)CCCN1. The van der Waals surface area contributed by atoms with Gasteiger partial charge in [0.15, 0.2) is 0 Å². The van der Waals surface area contributed by atoms with Crippen molar-refractivity contribution in [3.63, 3.8) is 0 Å². The molecular formula is C14H18FNO. The summed E-state index contributed by atoms with van der Waals surface area (Å²) in [7, 11) is 1.66. The number of rotatable bonds is 3. The molecule has 2 nitrogen and oxygen atoms in total. The standard InChI is InChI=1S/C14H18FNO/c1-17-13-6-5-11(15)9-12(13)14(10-3-4-10)7-2-8-16-14/h5-6,9-10,16H,2-4,7-8H2,1H3. The van der Waals surface area contributed by atoms with Crippen molar-refractivity contribution in [2.24, 2.45) is 5.92 Å². The summed E-state index contributed by atoms with van der Waals surface area (Å²) in [4.78, 5) is 0. The van der Waals surface area contributed by atoms with Crippen LogP contribution in [0.25, 0.3) is 0 Å². The quantitative estimate of drug-likeness (QED) is 0.869. The Balaban J connectivity index is 2.08. The molecule has 1 atom stereocenters. The second kappa shape index (κ2) is 3.98.